The van der Waals surface area contributed by atoms with Crippen molar-refractivity contribution in [3.63, 3.8) is 0 Å². The van der Waals surface area contributed by atoms with Gasteiger partial charge in [-0.3, -0.25) is 9.59 Å². The average molecular weight is 403 g/mol. The molecule has 1 rings (SSSR count). The van der Waals surface area contributed by atoms with Crippen molar-refractivity contribution < 1.29 is 19.1 Å². The fraction of sp³-hybridized carbons (Fsp3) is 0.600. The van der Waals surface area contributed by atoms with E-state index >= 15 is 0 Å². The summed E-state index contributed by atoms with van der Waals surface area (Å²) in [5, 5.41) is 0.651. The number of carbonyl (C=O) groups excluding carboxylic acids is 2. The predicted molar refractivity (Wildman–Crippen MR) is 105 cm³/mol. The monoisotopic (exact) mass is 402 g/mol. The van der Waals surface area contributed by atoms with E-state index in [0.29, 0.717) is 11.6 Å². The molecule has 0 fully saturated rings. The first kappa shape index (κ1) is 22.8. The molecule has 0 saturated carbocycles. The zero-order valence-corrected chi connectivity index (χ0v) is 17.3. The second-order valence-corrected chi connectivity index (χ2v) is 7.15. The number of rotatable bonds is 11. The maximum atomic E-state index is 12.8. The third-order valence-electron chi connectivity index (χ3n) is 4.57. The van der Waals surface area contributed by atoms with Gasteiger partial charge in [0.15, 0.2) is 11.2 Å². The molecule has 1 aromatic carbocycles. The zero-order valence-electron chi connectivity index (χ0n) is 15.8. The van der Waals surface area contributed by atoms with E-state index in [2.05, 4.69) is 6.92 Å². The van der Waals surface area contributed by atoms with Crippen LogP contribution >= 0.6 is 23.2 Å². The van der Waals surface area contributed by atoms with Gasteiger partial charge in [-0.05, 0) is 31.4 Å². The molecule has 0 bridgehead atoms. The molecular formula is C20H28Cl2O4. The van der Waals surface area contributed by atoms with E-state index in [1.807, 2.05) is 0 Å². The van der Waals surface area contributed by atoms with Crippen molar-refractivity contribution in [3.8, 4) is 5.75 Å². The van der Waals surface area contributed by atoms with E-state index < -0.39 is 17.4 Å². The highest BCUT2D eigenvalue weighted by atomic mass is 35.5. The molecule has 0 saturated heterocycles. The lowest BCUT2D eigenvalue weighted by atomic mass is 9.82. The van der Waals surface area contributed by atoms with Crippen LogP contribution in [-0.4, -0.2) is 18.5 Å². The zero-order chi connectivity index (χ0) is 19.6. The Labute approximate surface area is 166 Å². The summed E-state index contributed by atoms with van der Waals surface area (Å²) in [4.78, 5) is 25.4. The molecule has 0 unspecified atom stereocenters. The van der Waals surface area contributed by atoms with Gasteiger partial charge in [0.1, 0.15) is 0 Å². The predicted octanol–water partition coefficient (Wildman–Crippen LogP) is 6.22. The summed E-state index contributed by atoms with van der Waals surface area (Å²) in [6.07, 6.45) is 5.83. The summed E-state index contributed by atoms with van der Waals surface area (Å²) in [6.45, 7) is 6.00. The van der Waals surface area contributed by atoms with Crippen LogP contribution in [0, 0.1) is 5.41 Å². The van der Waals surface area contributed by atoms with Crippen molar-refractivity contribution in [3.05, 3.63) is 28.2 Å². The van der Waals surface area contributed by atoms with Gasteiger partial charge in [0.05, 0.1) is 11.6 Å². The van der Waals surface area contributed by atoms with E-state index in [4.69, 9.17) is 32.7 Å². The Kier molecular flexibility index (Phi) is 10.0. The highest BCUT2D eigenvalue weighted by Crippen LogP contribution is 2.34. The van der Waals surface area contributed by atoms with Gasteiger partial charge in [-0.25, -0.2) is 0 Å². The highest BCUT2D eigenvalue weighted by Gasteiger charge is 2.46. The minimum absolute atomic E-state index is 0.141. The summed E-state index contributed by atoms with van der Waals surface area (Å²) in [6, 6.07) is 4.60. The van der Waals surface area contributed by atoms with Crippen LogP contribution in [0.1, 0.15) is 65.7 Å². The molecule has 4 nitrogen and oxygen atoms in total. The van der Waals surface area contributed by atoms with Gasteiger partial charge in [-0.1, -0.05) is 69.7 Å². The summed E-state index contributed by atoms with van der Waals surface area (Å²) in [5.74, 6) is -1.06. The third kappa shape index (κ3) is 6.17. The first-order chi connectivity index (χ1) is 12.4. The van der Waals surface area contributed by atoms with E-state index in [1.165, 1.54) is 12.5 Å². The van der Waals surface area contributed by atoms with Crippen molar-refractivity contribution in [2.45, 2.75) is 65.7 Å². The molecule has 0 radical (unpaired) electrons. The van der Waals surface area contributed by atoms with Crippen LogP contribution in [-0.2, 0) is 14.3 Å². The summed E-state index contributed by atoms with van der Waals surface area (Å²) < 4.78 is 10.8. The van der Waals surface area contributed by atoms with Crippen LogP contribution in [0.3, 0.4) is 0 Å². The van der Waals surface area contributed by atoms with Gasteiger partial charge in [-0.2, -0.15) is 0 Å². The largest absolute Gasteiger partial charge is 0.465 e. The van der Waals surface area contributed by atoms with Gasteiger partial charge in [0.2, 0.25) is 0 Å². The molecule has 6 heteroatoms. The molecule has 0 amide bonds. The molecule has 0 N–H and O–H groups in total. The number of unbranched alkanes of at least 4 members (excludes halogenated alkanes) is 4. The Morgan fingerprint density at radius 3 is 2.23 bits per heavy atom. The van der Waals surface area contributed by atoms with Crippen molar-refractivity contribution in [1.29, 1.82) is 0 Å². The number of benzene rings is 1. The topological polar surface area (TPSA) is 52.6 Å². The molecule has 1 aromatic rings. The van der Waals surface area contributed by atoms with E-state index in [9.17, 15) is 9.59 Å². The normalized spacial score (nSPS) is 11.3. The number of esters is 2. The van der Waals surface area contributed by atoms with Crippen molar-refractivity contribution >= 4 is 35.1 Å². The Morgan fingerprint density at radius 2 is 1.62 bits per heavy atom. The van der Waals surface area contributed by atoms with E-state index in [-0.39, 0.29) is 23.6 Å². The maximum Gasteiger partial charge on any atom is 0.328 e. The third-order valence-corrected chi connectivity index (χ3v) is 5.11. The van der Waals surface area contributed by atoms with Crippen LogP contribution in [0.25, 0.3) is 0 Å². The van der Waals surface area contributed by atoms with Gasteiger partial charge in [0.25, 0.3) is 0 Å². The quantitative estimate of drug-likeness (QED) is 0.191. The standard InChI is InChI=1S/C20H28Cl2O4/c1-4-7-8-9-10-13-25-18(23)20(5-2,6-3)19(24)26-17-14-15(21)11-12-16(17)22/h11-12,14H,4-10,13H2,1-3H3. The molecule has 146 valence electrons. The van der Waals surface area contributed by atoms with Crippen LogP contribution in [0.15, 0.2) is 18.2 Å². The van der Waals surface area contributed by atoms with Crippen LogP contribution in [0.2, 0.25) is 10.0 Å². The first-order valence-electron chi connectivity index (χ1n) is 9.25. The molecule has 0 aliphatic carbocycles. The highest BCUT2D eigenvalue weighted by molar-refractivity contribution is 6.34. The van der Waals surface area contributed by atoms with Crippen LogP contribution in [0.4, 0.5) is 0 Å². The van der Waals surface area contributed by atoms with Crippen molar-refractivity contribution in [2.24, 2.45) is 5.41 Å². The summed E-state index contributed by atoms with van der Waals surface area (Å²) in [5.41, 5.74) is -1.34. The Bertz CT molecular complexity index is 597. The minimum atomic E-state index is -1.34. The van der Waals surface area contributed by atoms with E-state index in [0.717, 1.165) is 25.7 Å². The molecule has 0 spiro atoms. The Balaban J connectivity index is 2.75. The average Bonchev–Trinajstić information content (AvgIpc) is 2.62. The van der Waals surface area contributed by atoms with Crippen LogP contribution < -0.4 is 4.74 Å². The van der Waals surface area contributed by atoms with Gasteiger partial charge >= 0.3 is 11.9 Å². The number of halogens is 2. The number of hydrogen-bond acceptors (Lipinski definition) is 4. The van der Waals surface area contributed by atoms with E-state index in [1.54, 1.807) is 26.0 Å². The lowest BCUT2D eigenvalue weighted by Gasteiger charge is -2.27. The SMILES string of the molecule is CCCCCCCOC(=O)C(CC)(CC)C(=O)Oc1cc(Cl)ccc1Cl. The molecule has 0 atom stereocenters. The Morgan fingerprint density at radius 1 is 0.962 bits per heavy atom. The summed E-state index contributed by atoms with van der Waals surface area (Å²) >= 11 is 12.0. The first-order valence-corrected chi connectivity index (χ1v) is 10.0. The minimum Gasteiger partial charge on any atom is -0.465 e. The molecular weight excluding hydrogens is 375 g/mol. The number of ether oxygens (including phenoxy) is 2. The molecule has 0 aliphatic rings. The molecule has 0 aromatic heterocycles. The van der Waals surface area contributed by atoms with Gasteiger partial charge in [0, 0.05) is 11.1 Å². The smallest absolute Gasteiger partial charge is 0.328 e. The molecule has 0 heterocycles. The number of carbonyl (C=O) groups is 2. The van der Waals surface area contributed by atoms with Gasteiger partial charge < -0.3 is 9.47 Å². The fourth-order valence-electron chi connectivity index (χ4n) is 2.67. The molecule has 0 aliphatic heterocycles. The lowest BCUT2D eigenvalue weighted by molar-refractivity contribution is -0.168. The fourth-order valence-corrected chi connectivity index (χ4v) is 2.99. The Hall–Kier alpha value is -1.26. The maximum absolute atomic E-state index is 12.8. The van der Waals surface area contributed by atoms with Crippen molar-refractivity contribution in [1.82, 2.24) is 0 Å². The van der Waals surface area contributed by atoms with Gasteiger partial charge in [-0.15, -0.1) is 0 Å². The van der Waals surface area contributed by atoms with Crippen molar-refractivity contribution in [2.75, 3.05) is 6.61 Å². The van der Waals surface area contributed by atoms with Crippen LogP contribution in [0.5, 0.6) is 5.75 Å². The molecule has 26 heavy (non-hydrogen) atoms. The second kappa shape index (κ2) is 11.5. The summed E-state index contributed by atoms with van der Waals surface area (Å²) in [7, 11) is 0. The second-order valence-electron chi connectivity index (χ2n) is 6.30. The number of hydrogen-bond donors (Lipinski definition) is 0. The lowest BCUT2D eigenvalue weighted by Crippen LogP contribution is -2.42.